The van der Waals surface area contributed by atoms with Gasteiger partial charge >= 0.3 is 0 Å². The molecule has 6 heteroatoms. The van der Waals surface area contributed by atoms with Crippen LogP contribution in [0.3, 0.4) is 0 Å². The van der Waals surface area contributed by atoms with E-state index in [9.17, 15) is 0 Å². The van der Waals surface area contributed by atoms with Crippen molar-refractivity contribution in [3.8, 4) is 17.0 Å². The van der Waals surface area contributed by atoms with Crippen LogP contribution in [0.15, 0.2) is 89.3 Å². The maximum absolute atomic E-state index is 6.15. The second-order valence-electron chi connectivity index (χ2n) is 6.22. The van der Waals surface area contributed by atoms with E-state index in [2.05, 4.69) is 15.5 Å². The van der Waals surface area contributed by atoms with Crippen LogP contribution in [0, 0.1) is 0 Å². The minimum absolute atomic E-state index is 0.433. The van der Waals surface area contributed by atoms with Crippen LogP contribution in [-0.4, -0.2) is 11.2 Å². The SMILES string of the molecule is Clc1ccccc1COc1ccc(/C=N/Nc2nc(-c3ccccc3)cs2)cc1. The van der Waals surface area contributed by atoms with E-state index in [0.717, 1.165) is 33.3 Å². The first-order valence-corrected chi connectivity index (χ1v) is 10.3. The van der Waals surface area contributed by atoms with Crippen LogP contribution in [0.2, 0.25) is 5.02 Å². The number of hydrogen-bond acceptors (Lipinski definition) is 5. The summed E-state index contributed by atoms with van der Waals surface area (Å²) in [7, 11) is 0. The number of aromatic nitrogens is 1. The van der Waals surface area contributed by atoms with Crippen LogP contribution < -0.4 is 10.2 Å². The topological polar surface area (TPSA) is 46.5 Å². The number of hydrazone groups is 1. The van der Waals surface area contributed by atoms with Gasteiger partial charge in [0.25, 0.3) is 0 Å². The van der Waals surface area contributed by atoms with Crippen molar-refractivity contribution >= 4 is 34.3 Å². The van der Waals surface area contributed by atoms with Crippen molar-refractivity contribution in [3.63, 3.8) is 0 Å². The van der Waals surface area contributed by atoms with E-state index >= 15 is 0 Å². The summed E-state index contributed by atoms with van der Waals surface area (Å²) >= 11 is 7.67. The van der Waals surface area contributed by atoms with Gasteiger partial charge in [-0.1, -0.05) is 60.1 Å². The van der Waals surface area contributed by atoms with Crippen LogP contribution in [-0.2, 0) is 6.61 Å². The van der Waals surface area contributed by atoms with Crippen molar-refractivity contribution in [2.24, 2.45) is 5.10 Å². The minimum Gasteiger partial charge on any atom is -0.489 e. The average Bonchev–Trinajstić information content (AvgIpc) is 3.24. The molecule has 0 atom stereocenters. The van der Waals surface area contributed by atoms with E-state index in [0.29, 0.717) is 11.6 Å². The summed E-state index contributed by atoms with van der Waals surface area (Å²) in [5.41, 5.74) is 6.93. The van der Waals surface area contributed by atoms with E-state index in [1.54, 1.807) is 6.21 Å². The van der Waals surface area contributed by atoms with Gasteiger partial charge in [-0.3, -0.25) is 5.43 Å². The zero-order valence-corrected chi connectivity index (χ0v) is 17.0. The molecule has 0 unspecified atom stereocenters. The smallest absolute Gasteiger partial charge is 0.203 e. The number of halogens is 1. The van der Waals surface area contributed by atoms with Crippen molar-refractivity contribution in [1.29, 1.82) is 0 Å². The number of hydrogen-bond donors (Lipinski definition) is 1. The summed E-state index contributed by atoms with van der Waals surface area (Å²) in [5.74, 6) is 0.780. The Bertz CT molecular complexity index is 1090. The van der Waals surface area contributed by atoms with Crippen LogP contribution in [0.25, 0.3) is 11.3 Å². The number of rotatable bonds is 7. The highest BCUT2D eigenvalue weighted by molar-refractivity contribution is 7.14. The molecule has 1 N–H and O–H groups in total. The molecule has 0 fully saturated rings. The lowest BCUT2D eigenvalue weighted by atomic mass is 10.2. The summed E-state index contributed by atoms with van der Waals surface area (Å²) in [5, 5.41) is 7.74. The van der Waals surface area contributed by atoms with Gasteiger partial charge in [0.15, 0.2) is 0 Å². The quantitative estimate of drug-likeness (QED) is 0.275. The molecule has 4 nitrogen and oxygen atoms in total. The van der Waals surface area contributed by atoms with E-state index in [4.69, 9.17) is 16.3 Å². The fourth-order valence-electron chi connectivity index (χ4n) is 2.66. The molecule has 0 spiro atoms. The van der Waals surface area contributed by atoms with E-state index in [1.165, 1.54) is 11.3 Å². The van der Waals surface area contributed by atoms with E-state index < -0.39 is 0 Å². The Morgan fingerprint density at radius 2 is 1.72 bits per heavy atom. The van der Waals surface area contributed by atoms with Gasteiger partial charge in [0.05, 0.1) is 11.9 Å². The van der Waals surface area contributed by atoms with Gasteiger partial charge in [-0.15, -0.1) is 11.3 Å². The first kappa shape index (κ1) is 19.2. The van der Waals surface area contributed by atoms with Crippen LogP contribution in [0.5, 0.6) is 5.75 Å². The van der Waals surface area contributed by atoms with Crippen LogP contribution in [0.1, 0.15) is 11.1 Å². The Balaban J connectivity index is 1.31. The highest BCUT2D eigenvalue weighted by Crippen LogP contribution is 2.24. The van der Waals surface area contributed by atoms with Crippen molar-refractivity contribution in [2.75, 3.05) is 5.43 Å². The first-order valence-electron chi connectivity index (χ1n) is 9.04. The summed E-state index contributed by atoms with van der Waals surface area (Å²) in [6.45, 7) is 0.433. The third kappa shape index (κ3) is 5.22. The molecule has 3 aromatic carbocycles. The highest BCUT2D eigenvalue weighted by atomic mass is 35.5. The number of nitrogens with one attached hydrogen (secondary N) is 1. The summed E-state index contributed by atoms with van der Waals surface area (Å²) in [6, 6.07) is 25.5. The Kier molecular flexibility index (Phi) is 6.19. The lowest BCUT2D eigenvalue weighted by Gasteiger charge is -2.07. The fourth-order valence-corrected chi connectivity index (χ4v) is 3.51. The molecule has 0 bridgehead atoms. The van der Waals surface area contributed by atoms with Gasteiger partial charge in [0.2, 0.25) is 5.13 Å². The monoisotopic (exact) mass is 419 g/mol. The Morgan fingerprint density at radius 3 is 2.52 bits per heavy atom. The van der Waals surface area contributed by atoms with Gasteiger partial charge in [-0.25, -0.2) is 4.98 Å². The predicted octanol–water partition coefficient (Wildman–Crippen LogP) is 6.49. The van der Waals surface area contributed by atoms with Gasteiger partial charge < -0.3 is 4.74 Å². The molecule has 4 aromatic rings. The number of anilines is 1. The molecule has 0 saturated heterocycles. The third-order valence-corrected chi connectivity index (χ3v) is 5.30. The van der Waals surface area contributed by atoms with Gasteiger partial charge in [-0.05, 0) is 35.9 Å². The molecule has 0 aliphatic rings. The molecule has 0 saturated carbocycles. The second kappa shape index (κ2) is 9.37. The Morgan fingerprint density at radius 1 is 0.966 bits per heavy atom. The van der Waals surface area contributed by atoms with Crippen LogP contribution in [0.4, 0.5) is 5.13 Å². The number of benzene rings is 3. The molecule has 144 valence electrons. The predicted molar refractivity (Wildman–Crippen MR) is 121 cm³/mol. The molecule has 0 aliphatic heterocycles. The molecule has 0 aliphatic carbocycles. The summed E-state index contributed by atoms with van der Waals surface area (Å²) < 4.78 is 5.79. The molecule has 1 aromatic heterocycles. The molecule has 1 heterocycles. The van der Waals surface area contributed by atoms with E-state index in [-0.39, 0.29) is 0 Å². The Hall–Kier alpha value is -3.15. The normalized spacial score (nSPS) is 10.9. The van der Waals surface area contributed by atoms with Crippen molar-refractivity contribution in [3.05, 3.63) is 100 Å². The highest BCUT2D eigenvalue weighted by Gasteiger charge is 2.03. The molecule has 0 amide bonds. The second-order valence-corrected chi connectivity index (χ2v) is 7.49. The number of ether oxygens (including phenoxy) is 1. The van der Waals surface area contributed by atoms with E-state index in [1.807, 2.05) is 84.2 Å². The fraction of sp³-hybridized carbons (Fsp3) is 0.0435. The molecule has 29 heavy (non-hydrogen) atoms. The summed E-state index contributed by atoms with van der Waals surface area (Å²) in [6.07, 6.45) is 1.75. The molecule has 4 rings (SSSR count). The van der Waals surface area contributed by atoms with Gasteiger partial charge in [0.1, 0.15) is 12.4 Å². The number of thiazole rings is 1. The first-order chi connectivity index (χ1) is 14.3. The standard InChI is InChI=1S/C23H18ClN3OS/c24-21-9-5-4-8-19(21)15-28-20-12-10-17(11-13-20)14-25-27-23-26-22(16-29-23)18-6-2-1-3-7-18/h1-14,16H,15H2,(H,26,27)/b25-14+. The maximum atomic E-state index is 6.15. The molecular formula is C23H18ClN3OS. The lowest BCUT2D eigenvalue weighted by Crippen LogP contribution is -1.96. The van der Waals surface area contributed by atoms with Crippen LogP contribution >= 0.6 is 22.9 Å². The van der Waals surface area contributed by atoms with Crippen molar-refractivity contribution in [2.45, 2.75) is 6.61 Å². The largest absolute Gasteiger partial charge is 0.489 e. The minimum atomic E-state index is 0.433. The number of nitrogens with zero attached hydrogens (tertiary/aromatic N) is 2. The lowest BCUT2D eigenvalue weighted by molar-refractivity contribution is 0.306. The maximum Gasteiger partial charge on any atom is 0.203 e. The van der Waals surface area contributed by atoms with Gasteiger partial charge in [0, 0.05) is 21.5 Å². The van der Waals surface area contributed by atoms with Crippen molar-refractivity contribution < 1.29 is 4.74 Å². The zero-order valence-electron chi connectivity index (χ0n) is 15.5. The average molecular weight is 420 g/mol. The van der Waals surface area contributed by atoms with Gasteiger partial charge in [-0.2, -0.15) is 5.10 Å². The molecule has 0 radical (unpaired) electrons. The summed E-state index contributed by atoms with van der Waals surface area (Å²) in [4.78, 5) is 4.55. The third-order valence-electron chi connectivity index (χ3n) is 4.18. The van der Waals surface area contributed by atoms with Crippen molar-refractivity contribution in [1.82, 2.24) is 4.98 Å². The Labute approximate surface area is 178 Å². The molecular weight excluding hydrogens is 402 g/mol. The zero-order chi connectivity index (χ0) is 19.9.